The lowest BCUT2D eigenvalue weighted by molar-refractivity contribution is 0.0374. The maximum absolute atomic E-state index is 13.0. The third-order valence-corrected chi connectivity index (χ3v) is 7.76. The van der Waals surface area contributed by atoms with Crippen LogP contribution in [0.1, 0.15) is 50.2 Å². The number of benzene rings is 2. The first-order chi connectivity index (χ1) is 19.0. The van der Waals surface area contributed by atoms with E-state index in [2.05, 4.69) is 22.5 Å². The van der Waals surface area contributed by atoms with E-state index in [0.29, 0.717) is 27.8 Å². The Morgan fingerprint density at radius 1 is 1.03 bits per heavy atom. The zero-order valence-electron chi connectivity index (χ0n) is 22.7. The van der Waals surface area contributed by atoms with E-state index >= 15 is 0 Å². The predicted molar refractivity (Wildman–Crippen MR) is 152 cm³/mol. The molecule has 1 saturated heterocycles. The Labute approximate surface area is 233 Å². The topological polar surface area (TPSA) is 102 Å². The Morgan fingerprint density at radius 2 is 1.79 bits per heavy atom. The summed E-state index contributed by atoms with van der Waals surface area (Å²) in [6.45, 7) is 7.00. The molecular weight excluding hydrogens is 516 g/mol. The third-order valence-electron chi connectivity index (χ3n) is 6.60. The van der Waals surface area contributed by atoms with Gasteiger partial charge in [-0.2, -0.15) is 0 Å². The summed E-state index contributed by atoms with van der Waals surface area (Å²) in [6.07, 6.45) is 2.80. The summed E-state index contributed by atoms with van der Waals surface area (Å²) >= 11 is 1.54. The van der Waals surface area contributed by atoms with Gasteiger partial charge in [0.05, 0.1) is 33.1 Å². The lowest BCUT2D eigenvalue weighted by atomic mass is 10.1. The molecule has 4 rings (SSSR count). The molecule has 0 aliphatic carbocycles. The molecule has 0 saturated carbocycles. The second-order valence-electron chi connectivity index (χ2n) is 9.21. The number of amides is 2. The van der Waals surface area contributed by atoms with Gasteiger partial charge in [0.2, 0.25) is 0 Å². The first-order valence-electron chi connectivity index (χ1n) is 13.2. The Kier molecular flexibility index (Phi) is 10.3. The van der Waals surface area contributed by atoms with Crippen LogP contribution in [0.3, 0.4) is 0 Å². The van der Waals surface area contributed by atoms with Gasteiger partial charge in [-0.25, -0.2) is 4.98 Å². The van der Waals surface area contributed by atoms with E-state index in [9.17, 15) is 9.59 Å². The largest absolute Gasteiger partial charge is 0.493 e. The molecule has 208 valence electrons. The minimum absolute atomic E-state index is 0.223. The van der Waals surface area contributed by atoms with Crippen molar-refractivity contribution in [3.63, 3.8) is 0 Å². The summed E-state index contributed by atoms with van der Waals surface area (Å²) < 4.78 is 15.9. The highest BCUT2D eigenvalue weighted by Crippen LogP contribution is 2.28. The maximum Gasteiger partial charge on any atom is 0.257 e. The highest BCUT2D eigenvalue weighted by atomic mass is 32.1. The molecule has 2 aromatic carbocycles. The van der Waals surface area contributed by atoms with Crippen molar-refractivity contribution < 1.29 is 23.8 Å². The molecular formula is C29H36N4O5S. The first-order valence-corrected chi connectivity index (χ1v) is 14.0. The van der Waals surface area contributed by atoms with Crippen LogP contribution >= 0.6 is 11.3 Å². The van der Waals surface area contributed by atoms with Crippen LogP contribution in [0.2, 0.25) is 0 Å². The van der Waals surface area contributed by atoms with Gasteiger partial charge in [-0.1, -0.05) is 19.1 Å². The Bertz CT molecular complexity index is 1270. The number of aromatic nitrogens is 1. The monoisotopic (exact) mass is 552 g/mol. The van der Waals surface area contributed by atoms with Crippen molar-refractivity contribution in [2.24, 2.45) is 0 Å². The number of hydrogen-bond acceptors (Lipinski definition) is 8. The van der Waals surface area contributed by atoms with Gasteiger partial charge >= 0.3 is 0 Å². The average Bonchev–Trinajstić information content (AvgIpc) is 3.37. The molecule has 0 radical (unpaired) electrons. The fourth-order valence-electron chi connectivity index (χ4n) is 4.46. The van der Waals surface area contributed by atoms with E-state index in [1.165, 1.54) is 23.3 Å². The summed E-state index contributed by atoms with van der Waals surface area (Å²) in [5.74, 6) is 0.567. The third kappa shape index (κ3) is 7.78. The number of ether oxygens (including phenoxy) is 3. The van der Waals surface area contributed by atoms with Crippen LogP contribution in [0, 0.1) is 0 Å². The second kappa shape index (κ2) is 14.1. The SMILES string of the molecule is CCc1sc(NC(=O)c2cccc(CNC(=O)c3ccc(OC)c(OC)c3)c2)nc1CCCN1CCOCC1. The summed E-state index contributed by atoms with van der Waals surface area (Å²) in [6, 6.07) is 12.2. The number of nitrogens with zero attached hydrogens (tertiary/aromatic N) is 2. The minimum atomic E-state index is -0.248. The molecule has 0 unspecified atom stereocenters. The van der Waals surface area contributed by atoms with Crippen molar-refractivity contribution in [3.8, 4) is 11.5 Å². The van der Waals surface area contributed by atoms with Gasteiger partial charge in [0, 0.05) is 35.6 Å². The van der Waals surface area contributed by atoms with Crippen LogP contribution < -0.4 is 20.1 Å². The van der Waals surface area contributed by atoms with E-state index in [4.69, 9.17) is 19.2 Å². The summed E-state index contributed by atoms with van der Waals surface area (Å²) in [5.41, 5.74) is 2.85. The van der Waals surface area contributed by atoms with E-state index in [-0.39, 0.29) is 18.4 Å². The quantitative estimate of drug-likeness (QED) is 0.348. The molecule has 1 aliphatic heterocycles. The molecule has 2 N–H and O–H groups in total. The van der Waals surface area contributed by atoms with Crippen LogP contribution in [-0.2, 0) is 24.1 Å². The van der Waals surface area contributed by atoms with E-state index < -0.39 is 0 Å². The standard InChI is InChI=1S/C29H36N4O5S/c1-4-26-23(9-6-12-33-13-15-38-16-14-33)31-29(39-26)32-28(35)21-8-5-7-20(17-21)19-30-27(34)22-10-11-24(36-2)25(18-22)37-3/h5,7-8,10-11,17-18H,4,6,9,12-16,19H2,1-3H3,(H,30,34)(H,31,32,35). The minimum Gasteiger partial charge on any atom is -0.493 e. The number of hydrogen-bond donors (Lipinski definition) is 2. The number of aryl methyl sites for hydroxylation is 2. The fraction of sp³-hybridized carbons (Fsp3) is 0.414. The summed E-state index contributed by atoms with van der Waals surface area (Å²) in [4.78, 5) is 34.1. The predicted octanol–water partition coefficient (Wildman–Crippen LogP) is 4.17. The molecule has 0 atom stereocenters. The molecule has 1 aromatic heterocycles. The zero-order chi connectivity index (χ0) is 27.6. The normalized spacial score (nSPS) is 13.6. The maximum atomic E-state index is 13.0. The molecule has 9 nitrogen and oxygen atoms in total. The highest BCUT2D eigenvalue weighted by molar-refractivity contribution is 7.15. The van der Waals surface area contributed by atoms with Crippen LogP contribution in [0.4, 0.5) is 5.13 Å². The van der Waals surface area contributed by atoms with Gasteiger partial charge in [-0.3, -0.25) is 19.8 Å². The highest BCUT2D eigenvalue weighted by Gasteiger charge is 2.16. The lowest BCUT2D eigenvalue weighted by Gasteiger charge is -2.26. The van der Waals surface area contributed by atoms with Crippen molar-refractivity contribution in [2.75, 3.05) is 52.4 Å². The number of morpholine rings is 1. The molecule has 10 heteroatoms. The second-order valence-corrected chi connectivity index (χ2v) is 10.3. The molecule has 2 amide bonds. The molecule has 3 aromatic rings. The van der Waals surface area contributed by atoms with Crippen molar-refractivity contribution in [1.29, 1.82) is 0 Å². The van der Waals surface area contributed by atoms with E-state index in [1.54, 1.807) is 37.4 Å². The van der Waals surface area contributed by atoms with Crippen LogP contribution in [0.25, 0.3) is 0 Å². The number of anilines is 1. The molecule has 0 spiro atoms. The van der Waals surface area contributed by atoms with Crippen molar-refractivity contribution in [3.05, 3.63) is 69.7 Å². The summed E-state index contributed by atoms with van der Waals surface area (Å²) in [7, 11) is 3.07. The van der Waals surface area contributed by atoms with Gasteiger partial charge < -0.3 is 19.5 Å². The molecule has 39 heavy (non-hydrogen) atoms. The first kappa shape index (κ1) is 28.5. The van der Waals surface area contributed by atoms with Crippen LogP contribution in [0.5, 0.6) is 11.5 Å². The van der Waals surface area contributed by atoms with Gasteiger partial charge in [0.1, 0.15) is 0 Å². The summed E-state index contributed by atoms with van der Waals surface area (Å²) in [5, 5.41) is 6.47. The van der Waals surface area contributed by atoms with Gasteiger partial charge in [0.15, 0.2) is 16.6 Å². The Balaban J connectivity index is 1.32. The number of thiazole rings is 1. The van der Waals surface area contributed by atoms with Gasteiger partial charge in [-0.15, -0.1) is 11.3 Å². The van der Waals surface area contributed by atoms with Crippen molar-refractivity contribution in [2.45, 2.75) is 32.7 Å². The van der Waals surface area contributed by atoms with Crippen LogP contribution in [0.15, 0.2) is 42.5 Å². The molecule has 0 bridgehead atoms. The number of rotatable bonds is 12. The average molecular weight is 553 g/mol. The van der Waals surface area contributed by atoms with Gasteiger partial charge in [0.25, 0.3) is 11.8 Å². The lowest BCUT2D eigenvalue weighted by Crippen LogP contribution is -2.36. The van der Waals surface area contributed by atoms with Gasteiger partial charge in [-0.05, 0) is 61.7 Å². The van der Waals surface area contributed by atoms with Crippen molar-refractivity contribution >= 4 is 28.3 Å². The van der Waals surface area contributed by atoms with Crippen LogP contribution in [-0.4, -0.2) is 68.8 Å². The number of carbonyl (C=O) groups excluding carboxylic acids is 2. The molecule has 1 aliphatic rings. The number of nitrogens with one attached hydrogen (secondary N) is 2. The Morgan fingerprint density at radius 3 is 2.54 bits per heavy atom. The number of methoxy groups -OCH3 is 2. The zero-order valence-corrected chi connectivity index (χ0v) is 23.6. The van der Waals surface area contributed by atoms with E-state index in [1.807, 2.05) is 12.1 Å². The fourth-order valence-corrected chi connectivity index (χ4v) is 5.40. The van der Waals surface area contributed by atoms with Crippen molar-refractivity contribution in [1.82, 2.24) is 15.2 Å². The molecule has 1 fully saturated rings. The molecule has 2 heterocycles. The smallest absolute Gasteiger partial charge is 0.257 e. The Hall–Kier alpha value is -3.47. The number of carbonyl (C=O) groups is 2. The van der Waals surface area contributed by atoms with E-state index in [0.717, 1.165) is 63.4 Å².